The molecule has 0 radical (unpaired) electrons. The third-order valence-electron chi connectivity index (χ3n) is 1.55. The summed E-state index contributed by atoms with van der Waals surface area (Å²) in [4.78, 5) is 10.3. The Balaban J connectivity index is 2.31. The first-order chi connectivity index (χ1) is 5.70. The van der Waals surface area contributed by atoms with Crippen molar-refractivity contribution in [2.45, 2.75) is 19.0 Å². The molecule has 1 aromatic heterocycles. The maximum absolute atomic E-state index is 10.3. The van der Waals surface area contributed by atoms with Crippen LogP contribution >= 0.6 is 0 Å². The lowest BCUT2D eigenvalue weighted by molar-refractivity contribution is -0.138. The van der Waals surface area contributed by atoms with E-state index in [2.05, 4.69) is 5.10 Å². The highest BCUT2D eigenvalue weighted by Gasteiger charge is 2.10. The molecule has 12 heavy (non-hydrogen) atoms. The van der Waals surface area contributed by atoms with Crippen LogP contribution in [0.5, 0.6) is 0 Å². The number of carbonyl (C=O) groups is 1. The lowest BCUT2D eigenvalue weighted by atomic mass is 10.2. The van der Waals surface area contributed by atoms with E-state index >= 15 is 0 Å². The number of hydrogen-bond donors (Lipinski definition) is 2. The minimum Gasteiger partial charge on any atom is -0.480 e. The number of aliphatic carboxylic acids is 1. The van der Waals surface area contributed by atoms with Crippen molar-refractivity contribution in [1.29, 1.82) is 0 Å². The highest BCUT2D eigenvalue weighted by molar-refractivity contribution is 5.72. The maximum atomic E-state index is 10.3. The van der Waals surface area contributed by atoms with E-state index in [4.69, 9.17) is 10.8 Å². The molecule has 1 aromatic rings. The van der Waals surface area contributed by atoms with Gasteiger partial charge < -0.3 is 10.8 Å². The second-order valence-corrected chi connectivity index (χ2v) is 2.50. The van der Waals surface area contributed by atoms with Crippen molar-refractivity contribution in [2.75, 3.05) is 0 Å². The molecule has 0 saturated carbocycles. The van der Waals surface area contributed by atoms with Gasteiger partial charge >= 0.3 is 5.97 Å². The highest BCUT2D eigenvalue weighted by atomic mass is 16.4. The number of hydrogen-bond acceptors (Lipinski definition) is 3. The van der Waals surface area contributed by atoms with Gasteiger partial charge in [0.1, 0.15) is 6.04 Å². The van der Waals surface area contributed by atoms with Crippen molar-refractivity contribution in [2.24, 2.45) is 5.73 Å². The summed E-state index contributed by atoms with van der Waals surface area (Å²) < 4.78 is 1.66. The number of carboxylic acids is 1. The molecule has 1 atom stereocenters. The number of nitrogens with zero attached hydrogens (tertiary/aromatic N) is 2. The van der Waals surface area contributed by atoms with Crippen LogP contribution in [-0.2, 0) is 11.3 Å². The average Bonchev–Trinajstić information content (AvgIpc) is 2.51. The van der Waals surface area contributed by atoms with Gasteiger partial charge in [0.25, 0.3) is 0 Å². The first-order valence-corrected chi connectivity index (χ1v) is 3.66. The molecule has 0 aromatic carbocycles. The van der Waals surface area contributed by atoms with Crippen LogP contribution < -0.4 is 5.73 Å². The van der Waals surface area contributed by atoms with Gasteiger partial charge in [-0.2, -0.15) is 5.10 Å². The molecule has 0 amide bonds. The zero-order chi connectivity index (χ0) is 8.97. The monoisotopic (exact) mass is 169 g/mol. The summed E-state index contributed by atoms with van der Waals surface area (Å²) in [6, 6.07) is 0.987. The standard InChI is InChI=1S/C7H11N3O2/c8-6(7(11)12)2-5-10-4-1-3-9-10/h1,3-4,6H,2,5,8H2,(H,11,12). The van der Waals surface area contributed by atoms with Crippen LogP contribution in [0.15, 0.2) is 18.5 Å². The van der Waals surface area contributed by atoms with Gasteiger partial charge in [-0.1, -0.05) is 0 Å². The van der Waals surface area contributed by atoms with Crippen LogP contribution in [0.2, 0.25) is 0 Å². The minimum atomic E-state index is -0.970. The Labute approximate surface area is 69.8 Å². The third-order valence-corrected chi connectivity index (χ3v) is 1.55. The first kappa shape index (κ1) is 8.73. The summed E-state index contributed by atoms with van der Waals surface area (Å²) in [5.41, 5.74) is 5.29. The van der Waals surface area contributed by atoms with E-state index in [9.17, 15) is 4.79 Å². The lowest BCUT2D eigenvalue weighted by Crippen LogP contribution is -2.31. The van der Waals surface area contributed by atoms with E-state index in [0.717, 1.165) is 0 Å². The molecule has 0 aliphatic rings. The van der Waals surface area contributed by atoms with Crippen LogP contribution in [0.3, 0.4) is 0 Å². The van der Waals surface area contributed by atoms with Crippen molar-refractivity contribution in [3.8, 4) is 0 Å². The molecular formula is C7H11N3O2. The Bertz CT molecular complexity index is 245. The lowest BCUT2D eigenvalue weighted by Gasteiger charge is -2.05. The van der Waals surface area contributed by atoms with Gasteiger partial charge in [0, 0.05) is 18.9 Å². The SMILES string of the molecule is NC(CCn1cccn1)C(=O)O. The molecule has 1 heterocycles. The van der Waals surface area contributed by atoms with Crippen LogP contribution in [0.25, 0.3) is 0 Å². The van der Waals surface area contributed by atoms with Crippen LogP contribution in [0, 0.1) is 0 Å². The Morgan fingerprint density at radius 2 is 2.50 bits per heavy atom. The molecule has 5 nitrogen and oxygen atoms in total. The molecule has 0 fully saturated rings. The van der Waals surface area contributed by atoms with Crippen molar-refractivity contribution in [3.05, 3.63) is 18.5 Å². The van der Waals surface area contributed by atoms with E-state index < -0.39 is 12.0 Å². The van der Waals surface area contributed by atoms with E-state index in [1.807, 2.05) is 0 Å². The zero-order valence-electron chi connectivity index (χ0n) is 6.55. The fourth-order valence-electron chi connectivity index (χ4n) is 0.828. The number of aryl methyl sites for hydroxylation is 1. The van der Waals surface area contributed by atoms with Crippen LogP contribution in [0.1, 0.15) is 6.42 Å². The summed E-state index contributed by atoms with van der Waals surface area (Å²) in [6.07, 6.45) is 3.82. The Morgan fingerprint density at radius 3 is 3.00 bits per heavy atom. The van der Waals surface area contributed by atoms with Gasteiger partial charge in [-0.25, -0.2) is 0 Å². The van der Waals surface area contributed by atoms with Crippen molar-refractivity contribution >= 4 is 5.97 Å². The van der Waals surface area contributed by atoms with Gasteiger partial charge in [-0.3, -0.25) is 9.48 Å². The second-order valence-electron chi connectivity index (χ2n) is 2.50. The van der Waals surface area contributed by atoms with Gasteiger partial charge in [0.05, 0.1) is 0 Å². The maximum Gasteiger partial charge on any atom is 0.320 e. The molecule has 1 unspecified atom stereocenters. The Hall–Kier alpha value is -1.36. The molecule has 0 spiro atoms. The number of carboxylic acid groups (broad SMARTS) is 1. The van der Waals surface area contributed by atoms with Gasteiger partial charge in [-0.05, 0) is 12.5 Å². The van der Waals surface area contributed by atoms with Gasteiger partial charge in [0.15, 0.2) is 0 Å². The van der Waals surface area contributed by atoms with E-state index in [-0.39, 0.29) is 0 Å². The molecule has 0 aliphatic heterocycles. The predicted octanol–water partition coefficient (Wildman–Crippen LogP) is -0.315. The fraction of sp³-hybridized carbons (Fsp3) is 0.429. The largest absolute Gasteiger partial charge is 0.480 e. The van der Waals surface area contributed by atoms with Crippen molar-refractivity contribution < 1.29 is 9.90 Å². The summed E-state index contributed by atoms with van der Waals surface area (Å²) >= 11 is 0. The number of nitrogens with two attached hydrogens (primary N) is 1. The van der Waals surface area contributed by atoms with Crippen molar-refractivity contribution in [1.82, 2.24) is 9.78 Å². The van der Waals surface area contributed by atoms with E-state index in [1.54, 1.807) is 23.1 Å². The molecule has 0 bridgehead atoms. The summed E-state index contributed by atoms with van der Waals surface area (Å²) in [7, 11) is 0. The molecule has 3 N–H and O–H groups in total. The first-order valence-electron chi connectivity index (χ1n) is 3.66. The molecule has 0 saturated heterocycles. The highest BCUT2D eigenvalue weighted by Crippen LogP contribution is 1.93. The number of aromatic nitrogens is 2. The molecular weight excluding hydrogens is 158 g/mol. The van der Waals surface area contributed by atoms with Gasteiger partial charge in [-0.15, -0.1) is 0 Å². The number of rotatable bonds is 4. The Morgan fingerprint density at radius 1 is 1.75 bits per heavy atom. The normalized spacial score (nSPS) is 12.8. The quantitative estimate of drug-likeness (QED) is 0.647. The zero-order valence-corrected chi connectivity index (χ0v) is 6.55. The van der Waals surface area contributed by atoms with E-state index in [1.165, 1.54) is 0 Å². The molecule has 66 valence electrons. The second kappa shape index (κ2) is 3.87. The predicted molar refractivity (Wildman–Crippen MR) is 42.5 cm³/mol. The fourth-order valence-corrected chi connectivity index (χ4v) is 0.828. The van der Waals surface area contributed by atoms with Crippen LogP contribution in [0.4, 0.5) is 0 Å². The summed E-state index contributed by atoms with van der Waals surface area (Å²) in [5, 5.41) is 12.4. The van der Waals surface area contributed by atoms with Crippen LogP contribution in [-0.4, -0.2) is 26.9 Å². The average molecular weight is 169 g/mol. The minimum absolute atomic E-state index is 0.400. The summed E-state index contributed by atoms with van der Waals surface area (Å²) in [5.74, 6) is -0.970. The smallest absolute Gasteiger partial charge is 0.320 e. The molecule has 5 heteroatoms. The third kappa shape index (κ3) is 2.35. The van der Waals surface area contributed by atoms with Gasteiger partial charge in [0.2, 0.25) is 0 Å². The topological polar surface area (TPSA) is 81.1 Å². The molecule has 0 aliphatic carbocycles. The molecule has 1 rings (SSSR count). The Kier molecular flexibility index (Phi) is 2.82. The summed E-state index contributed by atoms with van der Waals surface area (Å²) in [6.45, 7) is 0.542. The van der Waals surface area contributed by atoms with Crippen molar-refractivity contribution in [3.63, 3.8) is 0 Å². The van der Waals surface area contributed by atoms with E-state index in [0.29, 0.717) is 13.0 Å².